The summed E-state index contributed by atoms with van der Waals surface area (Å²) in [6.45, 7) is 1.59. The second kappa shape index (κ2) is 7.73. The molecule has 146 valence electrons. The number of pyridine rings is 2. The van der Waals surface area contributed by atoms with E-state index in [1.165, 1.54) is 0 Å². The Labute approximate surface area is 171 Å². The van der Waals surface area contributed by atoms with Crippen LogP contribution in [0, 0.1) is 0 Å². The van der Waals surface area contributed by atoms with Crippen molar-refractivity contribution in [2.75, 3.05) is 19.7 Å². The van der Waals surface area contributed by atoms with E-state index in [1.807, 2.05) is 52.2 Å². The summed E-state index contributed by atoms with van der Waals surface area (Å²) in [5.41, 5.74) is 4.81. The molecular weight excluding hydrogens is 386 g/mol. The molecule has 0 radical (unpaired) electrons. The maximum atomic E-state index is 12.7. The van der Waals surface area contributed by atoms with Gasteiger partial charge in [0.25, 0.3) is 0 Å². The number of amides is 1. The molecule has 1 fully saturated rings. The lowest BCUT2D eigenvalue weighted by molar-refractivity contribution is -0.138. The highest BCUT2D eigenvalue weighted by molar-refractivity contribution is 7.08. The molecule has 29 heavy (non-hydrogen) atoms. The minimum atomic E-state index is -0.278. The van der Waals surface area contributed by atoms with Crippen LogP contribution >= 0.6 is 11.3 Å². The molecule has 1 atom stereocenters. The number of rotatable bonds is 4. The summed E-state index contributed by atoms with van der Waals surface area (Å²) in [5.74, 6) is 0.119. The Balaban J connectivity index is 1.36. The lowest BCUT2D eigenvalue weighted by Crippen LogP contribution is -2.43. The summed E-state index contributed by atoms with van der Waals surface area (Å²) >= 11 is 1.61. The van der Waals surface area contributed by atoms with Gasteiger partial charge in [0.1, 0.15) is 11.8 Å². The van der Waals surface area contributed by atoms with Crippen LogP contribution in [0.3, 0.4) is 0 Å². The number of aromatic nitrogens is 4. The maximum Gasteiger partial charge on any atom is 0.227 e. The number of ether oxygens (including phenoxy) is 1. The van der Waals surface area contributed by atoms with E-state index in [2.05, 4.69) is 15.3 Å². The van der Waals surface area contributed by atoms with Crippen molar-refractivity contribution in [2.24, 2.45) is 0 Å². The highest BCUT2D eigenvalue weighted by atomic mass is 32.1. The van der Waals surface area contributed by atoms with E-state index in [1.54, 1.807) is 28.2 Å². The van der Waals surface area contributed by atoms with E-state index in [4.69, 9.17) is 4.74 Å². The smallest absolute Gasteiger partial charge is 0.227 e. The average Bonchev–Trinajstić information content (AvgIpc) is 3.43. The number of morpholine rings is 1. The van der Waals surface area contributed by atoms with Gasteiger partial charge in [0.05, 0.1) is 25.1 Å². The molecule has 0 aromatic carbocycles. The number of carbonyl (C=O) groups excluding carboxylic acids is 1. The van der Waals surface area contributed by atoms with Gasteiger partial charge in [-0.05, 0) is 46.2 Å². The van der Waals surface area contributed by atoms with Crippen molar-refractivity contribution in [3.8, 4) is 11.1 Å². The van der Waals surface area contributed by atoms with Crippen LogP contribution < -0.4 is 0 Å². The fourth-order valence-corrected chi connectivity index (χ4v) is 4.25. The minimum Gasteiger partial charge on any atom is -0.368 e. The largest absolute Gasteiger partial charge is 0.368 e. The minimum absolute atomic E-state index is 0.119. The third kappa shape index (κ3) is 3.64. The second-order valence-electron chi connectivity index (χ2n) is 6.97. The van der Waals surface area contributed by atoms with E-state index in [-0.39, 0.29) is 12.0 Å². The van der Waals surface area contributed by atoms with E-state index < -0.39 is 0 Å². The number of fused-ring (bicyclic) bond motifs is 1. The Morgan fingerprint density at radius 1 is 1.17 bits per heavy atom. The van der Waals surface area contributed by atoms with Gasteiger partial charge in [-0.2, -0.15) is 11.3 Å². The highest BCUT2D eigenvalue weighted by Crippen LogP contribution is 2.27. The lowest BCUT2D eigenvalue weighted by Gasteiger charge is -2.32. The van der Waals surface area contributed by atoms with Gasteiger partial charge < -0.3 is 9.64 Å². The third-order valence-corrected chi connectivity index (χ3v) is 5.85. The third-order valence-electron chi connectivity index (χ3n) is 5.11. The Morgan fingerprint density at radius 3 is 2.90 bits per heavy atom. The van der Waals surface area contributed by atoms with E-state index in [9.17, 15) is 4.79 Å². The standard InChI is InChI=1S/C21H19N5O2S/c27-20(11-15-5-10-29-14-15)25-8-9-28-19(13-25)21-18-2-1-17(12-26(18)24-23-21)16-3-6-22-7-4-16/h1-7,10,12,14,19H,8-9,11,13H2/t19-/m0/s1. The van der Waals surface area contributed by atoms with Gasteiger partial charge in [0, 0.05) is 30.7 Å². The van der Waals surface area contributed by atoms with Crippen molar-refractivity contribution in [3.05, 3.63) is 70.9 Å². The first-order valence-electron chi connectivity index (χ1n) is 9.44. The lowest BCUT2D eigenvalue weighted by atomic mass is 10.1. The molecule has 1 aliphatic heterocycles. The molecule has 1 amide bonds. The summed E-state index contributed by atoms with van der Waals surface area (Å²) in [6.07, 6.45) is 5.63. The van der Waals surface area contributed by atoms with Crippen molar-refractivity contribution >= 4 is 22.8 Å². The molecule has 8 heteroatoms. The first-order chi connectivity index (χ1) is 14.3. The van der Waals surface area contributed by atoms with Gasteiger partial charge in [0.2, 0.25) is 5.91 Å². The van der Waals surface area contributed by atoms with E-state index in [0.717, 1.165) is 27.9 Å². The van der Waals surface area contributed by atoms with Crippen molar-refractivity contribution in [2.45, 2.75) is 12.5 Å². The van der Waals surface area contributed by atoms with E-state index in [0.29, 0.717) is 26.1 Å². The summed E-state index contributed by atoms with van der Waals surface area (Å²) in [4.78, 5) is 18.6. The number of nitrogens with zero attached hydrogens (tertiary/aromatic N) is 5. The molecule has 1 saturated heterocycles. The van der Waals surface area contributed by atoms with Crippen LogP contribution in [-0.4, -0.2) is 50.3 Å². The van der Waals surface area contributed by atoms with Gasteiger partial charge >= 0.3 is 0 Å². The Morgan fingerprint density at radius 2 is 2.07 bits per heavy atom. The van der Waals surface area contributed by atoms with Crippen molar-refractivity contribution in [3.63, 3.8) is 0 Å². The van der Waals surface area contributed by atoms with Gasteiger partial charge in [-0.15, -0.1) is 5.10 Å². The van der Waals surface area contributed by atoms with Crippen LogP contribution in [0.2, 0.25) is 0 Å². The molecule has 0 bridgehead atoms. The molecule has 0 aliphatic carbocycles. The predicted molar refractivity (Wildman–Crippen MR) is 110 cm³/mol. The van der Waals surface area contributed by atoms with Crippen LogP contribution in [0.1, 0.15) is 17.4 Å². The normalized spacial score (nSPS) is 17.0. The van der Waals surface area contributed by atoms with Crippen LogP contribution in [0.15, 0.2) is 59.7 Å². The Bertz CT molecular complexity index is 1130. The first kappa shape index (κ1) is 18.0. The van der Waals surface area contributed by atoms with Gasteiger partial charge in [0.15, 0.2) is 0 Å². The van der Waals surface area contributed by atoms with Crippen LogP contribution in [-0.2, 0) is 16.0 Å². The van der Waals surface area contributed by atoms with Crippen molar-refractivity contribution in [1.29, 1.82) is 0 Å². The molecule has 1 aliphatic rings. The average molecular weight is 405 g/mol. The zero-order valence-electron chi connectivity index (χ0n) is 15.6. The number of hydrogen-bond donors (Lipinski definition) is 0. The summed E-state index contributed by atoms with van der Waals surface area (Å²) < 4.78 is 7.71. The molecule has 4 aromatic heterocycles. The highest BCUT2D eigenvalue weighted by Gasteiger charge is 2.28. The molecule has 0 saturated carbocycles. The number of hydrogen-bond acceptors (Lipinski definition) is 6. The van der Waals surface area contributed by atoms with Crippen molar-refractivity contribution < 1.29 is 9.53 Å². The van der Waals surface area contributed by atoms with Crippen LogP contribution in [0.5, 0.6) is 0 Å². The van der Waals surface area contributed by atoms with Crippen LogP contribution in [0.4, 0.5) is 0 Å². The molecule has 0 N–H and O–H groups in total. The monoisotopic (exact) mass is 405 g/mol. The zero-order chi connectivity index (χ0) is 19.6. The second-order valence-corrected chi connectivity index (χ2v) is 7.75. The van der Waals surface area contributed by atoms with Gasteiger partial charge in [-0.1, -0.05) is 11.3 Å². The maximum absolute atomic E-state index is 12.7. The molecule has 0 spiro atoms. The SMILES string of the molecule is O=C(Cc1ccsc1)N1CCO[C@H](c2nnn3cc(-c4ccncc4)ccc23)C1. The van der Waals surface area contributed by atoms with Crippen LogP contribution in [0.25, 0.3) is 16.6 Å². The van der Waals surface area contributed by atoms with E-state index >= 15 is 0 Å². The fourth-order valence-electron chi connectivity index (χ4n) is 3.58. The molecule has 7 nitrogen and oxygen atoms in total. The zero-order valence-corrected chi connectivity index (χ0v) is 16.5. The van der Waals surface area contributed by atoms with Gasteiger partial charge in [-0.25, -0.2) is 4.52 Å². The fraction of sp³-hybridized carbons (Fsp3) is 0.238. The summed E-state index contributed by atoms with van der Waals surface area (Å²) in [5, 5.41) is 12.7. The quantitative estimate of drug-likeness (QED) is 0.522. The first-order valence-corrected chi connectivity index (χ1v) is 10.4. The molecule has 5 heterocycles. The topological polar surface area (TPSA) is 72.6 Å². The number of carbonyl (C=O) groups is 1. The molecular formula is C21H19N5O2S. The summed E-state index contributed by atoms with van der Waals surface area (Å²) in [6, 6.07) is 9.95. The van der Waals surface area contributed by atoms with Crippen molar-refractivity contribution in [1.82, 2.24) is 24.7 Å². The molecule has 5 rings (SSSR count). The Hall–Kier alpha value is -3.10. The predicted octanol–water partition coefficient (Wildman–Crippen LogP) is 3.00. The summed E-state index contributed by atoms with van der Waals surface area (Å²) in [7, 11) is 0. The van der Waals surface area contributed by atoms with Gasteiger partial charge in [-0.3, -0.25) is 9.78 Å². The molecule has 4 aromatic rings. The molecule has 0 unspecified atom stereocenters. The Kier molecular flexibility index (Phi) is 4.79. The number of thiophene rings is 1.